The Labute approximate surface area is 107 Å². The first-order chi connectivity index (χ1) is 7.95. The summed E-state index contributed by atoms with van der Waals surface area (Å²) in [6.07, 6.45) is 1.26. The molecule has 2 heterocycles. The Morgan fingerprint density at radius 3 is 2.29 bits per heavy atom. The smallest absolute Gasteiger partial charge is 0.254 e. The van der Waals surface area contributed by atoms with Crippen LogP contribution in [0.25, 0.3) is 0 Å². The summed E-state index contributed by atoms with van der Waals surface area (Å²) in [5.74, 6) is 3.17. The lowest BCUT2D eigenvalue weighted by Gasteiger charge is -2.35. The van der Waals surface area contributed by atoms with E-state index in [1.54, 1.807) is 0 Å². The third-order valence-electron chi connectivity index (χ3n) is 5.13. The van der Waals surface area contributed by atoms with Crippen molar-refractivity contribution in [2.24, 2.45) is 17.3 Å². The van der Waals surface area contributed by atoms with Gasteiger partial charge in [0.05, 0.1) is 0 Å². The molecule has 3 nitrogen and oxygen atoms in total. The molecule has 2 atom stereocenters. The maximum atomic E-state index is 12.4. The largest absolute Gasteiger partial charge is 0.380 e. The van der Waals surface area contributed by atoms with Crippen molar-refractivity contribution in [1.82, 2.24) is 4.90 Å². The van der Waals surface area contributed by atoms with E-state index in [1.165, 1.54) is 0 Å². The summed E-state index contributed by atoms with van der Waals surface area (Å²) in [5.41, 5.74) is -0.617. The van der Waals surface area contributed by atoms with Crippen LogP contribution in [0.1, 0.15) is 26.7 Å². The molecule has 2 saturated heterocycles. The number of hydrogen-bond acceptors (Lipinski definition) is 3. The van der Waals surface area contributed by atoms with E-state index < -0.39 is 5.60 Å². The molecule has 17 heavy (non-hydrogen) atoms. The Hall–Kier alpha value is -0.220. The van der Waals surface area contributed by atoms with Crippen LogP contribution in [0.3, 0.4) is 0 Å². The number of aliphatic hydroxyl groups is 1. The molecule has 2 unspecified atom stereocenters. The molecule has 1 amide bonds. The first-order valence-electron chi connectivity index (χ1n) is 6.55. The van der Waals surface area contributed by atoms with Crippen LogP contribution in [0.4, 0.5) is 0 Å². The Morgan fingerprint density at radius 2 is 1.76 bits per heavy atom. The summed E-state index contributed by atoms with van der Waals surface area (Å²) < 4.78 is 0. The number of rotatable bonds is 1. The zero-order valence-electron chi connectivity index (χ0n) is 10.6. The summed E-state index contributed by atoms with van der Waals surface area (Å²) in [4.78, 5) is 14.3. The van der Waals surface area contributed by atoms with Crippen LogP contribution in [-0.2, 0) is 4.79 Å². The first kappa shape index (κ1) is 11.8. The SMILES string of the molecule is CC1(C)C2CN(C(=O)C3(O)CCSCC3)CC21. The van der Waals surface area contributed by atoms with E-state index in [4.69, 9.17) is 0 Å². The van der Waals surface area contributed by atoms with Crippen LogP contribution >= 0.6 is 11.8 Å². The van der Waals surface area contributed by atoms with Crippen molar-refractivity contribution >= 4 is 17.7 Å². The number of amides is 1. The fourth-order valence-corrected chi connectivity index (χ4v) is 4.68. The fourth-order valence-electron chi connectivity index (χ4n) is 3.52. The quantitative estimate of drug-likeness (QED) is 0.769. The second-order valence-corrected chi connectivity index (χ2v) is 7.61. The van der Waals surface area contributed by atoms with E-state index in [0.717, 1.165) is 24.6 Å². The predicted molar refractivity (Wildman–Crippen MR) is 68.8 cm³/mol. The van der Waals surface area contributed by atoms with Gasteiger partial charge in [-0.3, -0.25) is 4.79 Å². The van der Waals surface area contributed by atoms with E-state index in [0.29, 0.717) is 30.1 Å². The van der Waals surface area contributed by atoms with Gasteiger partial charge in [-0.1, -0.05) is 13.8 Å². The first-order valence-corrected chi connectivity index (χ1v) is 7.70. The molecule has 0 aromatic rings. The van der Waals surface area contributed by atoms with Crippen molar-refractivity contribution in [1.29, 1.82) is 0 Å². The van der Waals surface area contributed by atoms with Crippen molar-refractivity contribution in [2.75, 3.05) is 24.6 Å². The van der Waals surface area contributed by atoms with Gasteiger partial charge in [-0.15, -0.1) is 0 Å². The molecule has 4 heteroatoms. The van der Waals surface area contributed by atoms with Gasteiger partial charge in [0, 0.05) is 13.1 Å². The summed E-state index contributed by atoms with van der Waals surface area (Å²) in [6, 6.07) is 0. The number of nitrogens with zero attached hydrogens (tertiary/aromatic N) is 1. The lowest BCUT2D eigenvalue weighted by molar-refractivity contribution is -0.151. The molecule has 2 aliphatic heterocycles. The van der Waals surface area contributed by atoms with Gasteiger partial charge in [0.2, 0.25) is 0 Å². The number of thioether (sulfide) groups is 1. The van der Waals surface area contributed by atoms with Gasteiger partial charge in [0.1, 0.15) is 5.60 Å². The molecule has 0 bridgehead atoms. The Kier molecular flexibility index (Phi) is 2.54. The fraction of sp³-hybridized carbons (Fsp3) is 0.923. The van der Waals surface area contributed by atoms with E-state index in [2.05, 4.69) is 13.8 Å². The molecule has 1 N–H and O–H groups in total. The molecule has 0 radical (unpaired) electrons. The van der Waals surface area contributed by atoms with Crippen LogP contribution in [0, 0.1) is 17.3 Å². The zero-order valence-corrected chi connectivity index (χ0v) is 11.4. The van der Waals surface area contributed by atoms with Gasteiger partial charge in [0.15, 0.2) is 0 Å². The summed E-state index contributed by atoms with van der Waals surface area (Å²) in [5, 5.41) is 10.4. The lowest BCUT2D eigenvalue weighted by atomic mass is 9.94. The maximum absolute atomic E-state index is 12.4. The van der Waals surface area contributed by atoms with Crippen LogP contribution in [0.15, 0.2) is 0 Å². The molecule has 3 rings (SSSR count). The monoisotopic (exact) mass is 255 g/mol. The van der Waals surface area contributed by atoms with E-state index in [9.17, 15) is 9.90 Å². The second kappa shape index (κ2) is 3.64. The molecule has 0 aromatic heterocycles. The maximum Gasteiger partial charge on any atom is 0.254 e. The molecule has 3 fully saturated rings. The predicted octanol–water partition coefficient (Wildman–Crippen LogP) is 1.36. The summed E-state index contributed by atoms with van der Waals surface area (Å²) >= 11 is 1.84. The highest BCUT2D eigenvalue weighted by atomic mass is 32.2. The molecular weight excluding hydrogens is 234 g/mol. The van der Waals surface area contributed by atoms with Gasteiger partial charge in [-0.05, 0) is 41.6 Å². The molecule has 96 valence electrons. The van der Waals surface area contributed by atoms with E-state index in [1.807, 2.05) is 16.7 Å². The lowest BCUT2D eigenvalue weighted by Crippen LogP contribution is -2.51. The molecule has 1 aliphatic carbocycles. The average Bonchev–Trinajstić information content (AvgIpc) is 2.70. The normalized spacial score (nSPS) is 37.7. The highest BCUT2D eigenvalue weighted by Crippen LogP contribution is 2.62. The van der Waals surface area contributed by atoms with Gasteiger partial charge >= 0.3 is 0 Å². The molecule has 0 spiro atoms. The minimum Gasteiger partial charge on any atom is -0.380 e. The number of piperidine rings is 1. The number of carbonyl (C=O) groups excluding carboxylic acids is 1. The standard InChI is InChI=1S/C13H21NO2S/c1-12(2)9-7-14(8-10(9)12)11(15)13(16)3-5-17-6-4-13/h9-10,16H,3-8H2,1-2H3. The zero-order chi connectivity index (χ0) is 12.3. The summed E-state index contributed by atoms with van der Waals surface area (Å²) in [6.45, 7) is 6.31. The number of fused-ring (bicyclic) bond motifs is 1. The van der Waals surface area contributed by atoms with Crippen LogP contribution in [0.5, 0.6) is 0 Å². The topological polar surface area (TPSA) is 40.5 Å². The third kappa shape index (κ3) is 1.72. The number of likely N-dealkylation sites (tertiary alicyclic amines) is 1. The van der Waals surface area contributed by atoms with Crippen molar-refractivity contribution in [3.8, 4) is 0 Å². The Bertz CT molecular complexity index is 335. The highest BCUT2D eigenvalue weighted by molar-refractivity contribution is 7.99. The van der Waals surface area contributed by atoms with E-state index >= 15 is 0 Å². The average molecular weight is 255 g/mol. The Balaban J connectivity index is 1.65. The Morgan fingerprint density at radius 1 is 1.24 bits per heavy atom. The van der Waals surface area contributed by atoms with Crippen LogP contribution in [0.2, 0.25) is 0 Å². The van der Waals surface area contributed by atoms with Crippen molar-refractivity contribution in [2.45, 2.75) is 32.3 Å². The van der Waals surface area contributed by atoms with Crippen molar-refractivity contribution in [3.63, 3.8) is 0 Å². The highest BCUT2D eigenvalue weighted by Gasteiger charge is 2.63. The molecule has 1 saturated carbocycles. The van der Waals surface area contributed by atoms with Crippen molar-refractivity contribution in [3.05, 3.63) is 0 Å². The minimum absolute atomic E-state index is 0.000741. The number of hydrogen-bond donors (Lipinski definition) is 1. The van der Waals surface area contributed by atoms with E-state index in [-0.39, 0.29) is 5.91 Å². The van der Waals surface area contributed by atoms with Crippen LogP contribution in [-0.4, -0.2) is 46.1 Å². The van der Waals surface area contributed by atoms with Crippen molar-refractivity contribution < 1.29 is 9.90 Å². The van der Waals surface area contributed by atoms with Gasteiger partial charge < -0.3 is 10.0 Å². The number of carbonyl (C=O) groups is 1. The third-order valence-corrected chi connectivity index (χ3v) is 6.11. The molecule has 0 aromatic carbocycles. The molecular formula is C13H21NO2S. The molecule has 3 aliphatic rings. The van der Waals surface area contributed by atoms with Gasteiger partial charge in [0.25, 0.3) is 5.91 Å². The minimum atomic E-state index is -1.05. The second-order valence-electron chi connectivity index (χ2n) is 6.39. The van der Waals surface area contributed by atoms with Gasteiger partial charge in [-0.25, -0.2) is 0 Å². The van der Waals surface area contributed by atoms with Crippen LogP contribution < -0.4 is 0 Å². The summed E-state index contributed by atoms with van der Waals surface area (Å²) in [7, 11) is 0. The van der Waals surface area contributed by atoms with Gasteiger partial charge in [-0.2, -0.15) is 11.8 Å².